The molecule has 2 fully saturated rings. The molecule has 2 rings (SSSR count). The third kappa shape index (κ3) is 4.46. The van der Waals surface area contributed by atoms with E-state index in [1.54, 1.807) is 0 Å². The second-order valence-corrected chi connectivity index (χ2v) is 6.87. The Balaban J connectivity index is 1.96. The highest BCUT2D eigenvalue weighted by molar-refractivity contribution is 4.96. The van der Waals surface area contributed by atoms with Crippen molar-refractivity contribution in [3.8, 4) is 0 Å². The van der Waals surface area contributed by atoms with Gasteiger partial charge in [0.1, 0.15) is 0 Å². The van der Waals surface area contributed by atoms with Gasteiger partial charge in [0.05, 0.1) is 0 Å². The molecule has 112 valence electrons. The Kier molecular flexibility index (Phi) is 6.15. The molecule has 0 saturated heterocycles. The van der Waals surface area contributed by atoms with Crippen LogP contribution in [0, 0.1) is 5.92 Å². The van der Waals surface area contributed by atoms with Gasteiger partial charge in [-0.15, -0.1) is 0 Å². The number of unbranched alkanes of at least 4 members (excludes halogenated alkanes) is 1. The van der Waals surface area contributed by atoms with Gasteiger partial charge in [-0.25, -0.2) is 0 Å². The Bertz CT molecular complexity index is 248. The molecule has 2 aliphatic rings. The molecule has 0 radical (unpaired) electrons. The highest BCUT2D eigenvalue weighted by atomic mass is 15.2. The Morgan fingerprint density at radius 3 is 2.47 bits per heavy atom. The first-order valence-electron chi connectivity index (χ1n) is 8.75. The first-order valence-corrected chi connectivity index (χ1v) is 8.75. The van der Waals surface area contributed by atoms with Crippen molar-refractivity contribution in [2.75, 3.05) is 13.1 Å². The minimum atomic E-state index is 0.758. The van der Waals surface area contributed by atoms with Crippen LogP contribution in [0.25, 0.3) is 0 Å². The summed E-state index contributed by atoms with van der Waals surface area (Å²) in [6, 6.07) is 2.50. The van der Waals surface area contributed by atoms with Crippen LogP contribution >= 0.6 is 0 Å². The number of hydrogen-bond donors (Lipinski definition) is 1. The van der Waals surface area contributed by atoms with Gasteiger partial charge in [-0.05, 0) is 64.0 Å². The van der Waals surface area contributed by atoms with Gasteiger partial charge in [0.2, 0.25) is 0 Å². The summed E-state index contributed by atoms with van der Waals surface area (Å²) in [6.45, 7) is 9.59. The van der Waals surface area contributed by atoms with Crippen LogP contribution in [0.5, 0.6) is 0 Å². The van der Waals surface area contributed by atoms with Crippen LogP contribution in [0.3, 0.4) is 0 Å². The summed E-state index contributed by atoms with van der Waals surface area (Å²) in [5.41, 5.74) is 0. The Morgan fingerprint density at radius 1 is 1.05 bits per heavy atom. The second-order valence-electron chi connectivity index (χ2n) is 6.87. The van der Waals surface area contributed by atoms with Gasteiger partial charge < -0.3 is 5.32 Å². The molecule has 1 N–H and O–H groups in total. The molecule has 0 aliphatic heterocycles. The van der Waals surface area contributed by atoms with Crippen molar-refractivity contribution in [1.82, 2.24) is 10.2 Å². The van der Waals surface area contributed by atoms with Gasteiger partial charge >= 0.3 is 0 Å². The molecule has 2 aliphatic carbocycles. The van der Waals surface area contributed by atoms with E-state index in [0.29, 0.717) is 0 Å². The van der Waals surface area contributed by atoms with Crippen molar-refractivity contribution < 1.29 is 0 Å². The lowest BCUT2D eigenvalue weighted by atomic mass is 9.82. The van der Waals surface area contributed by atoms with Crippen molar-refractivity contribution in [1.29, 1.82) is 0 Å². The van der Waals surface area contributed by atoms with Gasteiger partial charge in [0.15, 0.2) is 0 Å². The molecule has 0 aromatic rings. The average molecular weight is 266 g/mol. The van der Waals surface area contributed by atoms with Crippen molar-refractivity contribution in [3.05, 3.63) is 0 Å². The standard InChI is InChI=1S/C17H34N2/c1-4-6-12-19(15-8-9-15)17-13-14(3)7-10-16(17)18-11-5-2/h14-18H,4-13H2,1-3H3. The normalized spacial score (nSPS) is 31.9. The molecule has 19 heavy (non-hydrogen) atoms. The lowest BCUT2D eigenvalue weighted by molar-refractivity contribution is 0.0922. The fraction of sp³-hybridized carbons (Fsp3) is 1.00. The number of nitrogens with zero attached hydrogens (tertiary/aromatic N) is 1. The summed E-state index contributed by atoms with van der Waals surface area (Å²) >= 11 is 0. The van der Waals surface area contributed by atoms with Crippen LogP contribution in [0.15, 0.2) is 0 Å². The minimum absolute atomic E-state index is 0.758. The maximum Gasteiger partial charge on any atom is 0.0254 e. The zero-order valence-corrected chi connectivity index (χ0v) is 13.3. The minimum Gasteiger partial charge on any atom is -0.312 e. The lowest BCUT2D eigenvalue weighted by Crippen LogP contribution is -2.54. The first-order chi connectivity index (χ1) is 9.26. The first kappa shape index (κ1) is 15.3. The topological polar surface area (TPSA) is 15.3 Å². The number of hydrogen-bond acceptors (Lipinski definition) is 2. The van der Waals surface area contributed by atoms with E-state index in [0.717, 1.165) is 24.0 Å². The van der Waals surface area contributed by atoms with Crippen LogP contribution in [0.2, 0.25) is 0 Å². The van der Waals surface area contributed by atoms with Gasteiger partial charge in [0, 0.05) is 18.1 Å². The van der Waals surface area contributed by atoms with Crippen molar-refractivity contribution in [2.45, 2.75) is 90.3 Å². The van der Waals surface area contributed by atoms with Gasteiger partial charge in [-0.3, -0.25) is 4.90 Å². The molecule has 0 amide bonds. The van der Waals surface area contributed by atoms with E-state index in [-0.39, 0.29) is 0 Å². The van der Waals surface area contributed by atoms with E-state index < -0.39 is 0 Å². The molecule has 0 aromatic heterocycles. The summed E-state index contributed by atoms with van der Waals surface area (Å²) in [6.07, 6.45) is 11.1. The molecule has 2 nitrogen and oxygen atoms in total. The predicted octanol–water partition coefficient (Wildman–Crippen LogP) is 3.81. The van der Waals surface area contributed by atoms with Crippen LogP contribution in [0.1, 0.15) is 72.1 Å². The Labute approximate surface area is 120 Å². The summed E-state index contributed by atoms with van der Waals surface area (Å²) in [5, 5.41) is 3.84. The molecule has 2 saturated carbocycles. The van der Waals surface area contributed by atoms with Crippen LogP contribution < -0.4 is 5.32 Å². The molecule has 0 bridgehead atoms. The smallest absolute Gasteiger partial charge is 0.0254 e. The summed E-state index contributed by atoms with van der Waals surface area (Å²) in [5.74, 6) is 0.924. The SMILES string of the molecule is CCCCN(C1CC1)C1CC(C)CCC1NCCC. The van der Waals surface area contributed by atoms with E-state index in [1.165, 1.54) is 64.5 Å². The summed E-state index contributed by atoms with van der Waals surface area (Å²) in [4.78, 5) is 2.88. The molecule has 2 heteroatoms. The number of nitrogens with one attached hydrogen (secondary N) is 1. The molecule has 0 spiro atoms. The maximum absolute atomic E-state index is 3.84. The van der Waals surface area contributed by atoms with E-state index in [4.69, 9.17) is 0 Å². The molecule has 3 atom stereocenters. The molecule has 0 aromatic carbocycles. The van der Waals surface area contributed by atoms with Crippen molar-refractivity contribution in [2.24, 2.45) is 5.92 Å². The van der Waals surface area contributed by atoms with Crippen molar-refractivity contribution in [3.63, 3.8) is 0 Å². The van der Waals surface area contributed by atoms with Crippen LogP contribution in [-0.4, -0.2) is 36.1 Å². The van der Waals surface area contributed by atoms with Gasteiger partial charge in [-0.2, -0.15) is 0 Å². The summed E-state index contributed by atoms with van der Waals surface area (Å²) < 4.78 is 0. The number of rotatable bonds is 8. The van der Waals surface area contributed by atoms with E-state index in [1.807, 2.05) is 0 Å². The monoisotopic (exact) mass is 266 g/mol. The molecular weight excluding hydrogens is 232 g/mol. The second kappa shape index (κ2) is 7.64. The maximum atomic E-state index is 3.84. The van der Waals surface area contributed by atoms with Gasteiger partial charge in [0.25, 0.3) is 0 Å². The van der Waals surface area contributed by atoms with E-state index in [9.17, 15) is 0 Å². The largest absolute Gasteiger partial charge is 0.312 e. The third-order valence-electron chi connectivity index (χ3n) is 4.95. The van der Waals surface area contributed by atoms with Crippen LogP contribution in [-0.2, 0) is 0 Å². The van der Waals surface area contributed by atoms with Crippen LogP contribution in [0.4, 0.5) is 0 Å². The lowest BCUT2D eigenvalue weighted by Gasteiger charge is -2.43. The highest BCUT2D eigenvalue weighted by Crippen LogP contribution is 2.35. The molecular formula is C17H34N2. The van der Waals surface area contributed by atoms with Crippen molar-refractivity contribution >= 4 is 0 Å². The van der Waals surface area contributed by atoms with E-state index in [2.05, 4.69) is 31.0 Å². The summed E-state index contributed by atoms with van der Waals surface area (Å²) in [7, 11) is 0. The van der Waals surface area contributed by atoms with Gasteiger partial charge in [-0.1, -0.05) is 27.2 Å². The fourth-order valence-electron chi connectivity index (χ4n) is 3.65. The Morgan fingerprint density at radius 2 is 1.84 bits per heavy atom. The zero-order chi connectivity index (χ0) is 13.7. The molecule has 0 heterocycles. The quantitative estimate of drug-likeness (QED) is 0.719. The average Bonchev–Trinajstić information content (AvgIpc) is 3.23. The predicted molar refractivity (Wildman–Crippen MR) is 83.5 cm³/mol. The zero-order valence-electron chi connectivity index (χ0n) is 13.3. The van der Waals surface area contributed by atoms with E-state index >= 15 is 0 Å². The third-order valence-corrected chi connectivity index (χ3v) is 4.95. The highest BCUT2D eigenvalue weighted by Gasteiger charge is 2.39. The fourth-order valence-corrected chi connectivity index (χ4v) is 3.65. The molecule has 3 unspecified atom stereocenters. The Hall–Kier alpha value is -0.0800.